The van der Waals surface area contributed by atoms with E-state index in [1.807, 2.05) is 6.07 Å². The highest BCUT2D eigenvalue weighted by Crippen LogP contribution is 2.27. The Morgan fingerprint density at radius 2 is 2.11 bits per heavy atom. The first-order chi connectivity index (χ1) is 8.51. The van der Waals surface area contributed by atoms with Crippen LogP contribution in [0.25, 0.3) is 0 Å². The van der Waals surface area contributed by atoms with Gasteiger partial charge in [0.1, 0.15) is 5.54 Å². The maximum atomic E-state index is 12.2. The summed E-state index contributed by atoms with van der Waals surface area (Å²) in [4.78, 5) is 12.2. The summed E-state index contributed by atoms with van der Waals surface area (Å²) >= 11 is 9.36. The second kappa shape index (κ2) is 5.57. The Morgan fingerprint density at radius 1 is 1.44 bits per heavy atom. The maximum Gasteiger partial charge on any atom is 0.244 e. The first-order valence-electron chi connectivity index (χ1n) is 5.64. The Balaban J connectivity index is 2.13. The molecule has 6 heteroatoms. The van der Waals surface area contributed by atoms with E-state index in [1.54, 1.807) is 12.1 Å². The second-order valence-corrected chi connectivity index (χ2v) is 5.67. The van der Waals surface area contributed by atoms with Crippen LogP contribution in [-0.4, -0.2) is 24.7 Å². The zero-order valence-corrected chi connectivity index (χ0v) is 12.1. The van der Waals surface area contributed by atoms with Crippen molar-refractivity contribution in [1.29, 1.82) is 0 Å². The van der Waals surface area contributed by atoms with Gasteiger partial charge in [0.15, 0.2) is 0 Å². The van der Waals surface area contributed by atoms with Gasteiger partial charge in [-0.2, -0.15) is 0 Å². The number of carbonyl (C=O) groups excluding carboxylic acids is 1. The van der Waals surface area contributed by atoms with Crippen LogP contribution in [0.4, 0.5) is 5.69 Å². The van der Waals surface area contributed by atoms with Crippen LogP contribution in [0.3, 0.4) is 0 Å². The monoisotopic (exact) mass is 332 g/mol. The molecule has 3 N–H and O–H groups in total. The lowest BCUT2D eigenvalue weighted by Gasteiger charge is -2.31. The van der Waals surface area contributed by atoms with Crippen molar-refractivity contribution in [2.24, 2.45) is 5.73 Å². The molecule has 98 valence electrons. The van der Waals surface area contributed by atoms with Crippen molar-refractivity contribution < 1.29 is 9.53 Å². The quantitative estimate of drug-likeness (QED) is 0.874. The molecule has 1 aliphatic rings. The molecule has 0 radical (unpaired) electrons. The normalized spacial score (nSPS) is 18.4. The summed E-state index contributed by atoms with van der Waals surface area (Å²) in [6, 6.07) is 5.28. The van der Waals surface area contributed by atoms with E-state index >= 15 is 0 Å². The molecule has 1 heterocycles. The maximum absolute atomic E-state index is 12.2. The number of anilines is 1. The Kier molecular flexibility index (Phi) is 4.27. The minimum absolute atomic E-state index is 0.217. The van der Waals surface area contributed by atoms with Crippen molar-refractivity contribution in [2.75, 3.05) is 18.5 Å². The van der Waals surface area contributed by atoms with Gasteiger partial charge in [-0.05, 0) is 31.0 Å². The van der Waals surface area contributed by atoms with E-state index in [1.165, 1.54) is 0 Å². The van der Waals surface area contributed by atoms with Crippen LogP contribution in [0.5, 0.6) is 0 Å². The molecule has 1 aromatic rings. The Labute approximate surface area is 119 Å². The van der Waals surface area contributed by atoms with Crippen molar-refractivity contribution in [3.63, 3.8) is 0 Å². The van der Waals surface area contributed by atoms with E-state index in [2.05, 4.69) is 21.2 Å². The summed E-state index contributed by atoms with van der Waals surface area (Å²) in [6.07, 6.45) is 1.04. The first kappa shape index (κ1) is 13.8. The number of nitrogens with one attached hydrogen (secondary N) is 1. The predicted molar refractivity (Wildman–Crippen MR) is 74.8 cm³/mol. The van der Waals surface area contributed by atoms with Crippen LogP contribution in [0, 0.1) is 0 Å². The molecule has 1 aromatic carbocycles. The zero-order chi connectivity index (χ0) is 13.2. The molecule has 1 aliphatic heterocycles. The predicted octanol–water partition coefficient (Wildman–Crippen LogP) is 2.55. The van der Waals surface area contributed by atoms with Crippen LogP contribution < -0.4 is 11.1 Å². The molecule has 2 rings (SSSR count). The van der Waals surface area contributed by atoms with Crippen molar-refractivity contribution >= 4 is 39.1 Å². The Hall–Kier alpha value is -0.620. The average Bonchev–Trinajstić information content (AvgIpc) is 2.35. The standard InChI is InChI=1S/C12H14BrClN2O2/c13-8-1-2-9(14)10(7-8)16-11(17)12(15)3-5-18-6-4-12/h1-2,7H,3-6,15H2,(H,16,17). The number of hydrogen-bond acceptors (Lipinski definition) is 3. The number of amides is 1. The van der Waals surface area contributed by atoms with Gasteiger partial charge >= 0.3 is 0 Å². The Bertz CT molecular complexity index is 461. The minimum Gasteiger partial charge on any atom is -0.381 e. The van der Waals surface area contributed by atoms with Crippen molar-refractivity contribution in [3.8, 4) is 0 Å². The highest BCUT2D eigenvalue weighted by Gasteiger charge is 2.36. The molecule has 4 nitrogen and oxygen atoms in total. The van der Waals surface area contributed by atoms with Crippen LogP contribution in [-0.2, 0) is 9.53 Å². The van der Waals surface area contributed by atoms with Gasteiger partial charge in [0, 0.05) is 17.7 Å². The summed E-state index contributed by atoms with van der Waals surface area (Å²) in [5, 5.41) is 3.27. The smallest absolute Gasteiger partial charge is 0.244 e. The number of carbonyl (C=O) groups is 1. The molecule has 1 saturated heterocycles. The van der Waals surface area contributed by atoms with E-state index in [0.29, 0.717) is 36.8 Å². The van der Waals surface area contributed by atoms with E-state index in [0.717, 1.165) is 4.47 Å². The number of hydrogen-bond donors (Lipinski definition) is 2. The third-order valence-corrected chi connectivity index (χ3v) is 3.84. The van der Waals surface area contributed by atoms with E-state index in [4.69, 9.17) is 22.1 Å². The fourth-order valence-corrected chi connectivity index (χ4v) is 2.33. The fourth-order valence-electron chi connectivity index (χ4n) is 1.80. The highest BCUT2D eigenvalue weighted by atomic mass is 79.9. The van der Waals surface area contributed by atoms with Crippen LogP contribution in [0.1, 0.15) is 12.8 Å². The topological polar surface area (TPSA) is 64.4 Å². The van der Waals surface area contributed by atoms with Crippen molar-refractivity contribution in [2.45, 2.75) is 18.4 Å². The van der Waals surface area contributed by atoms with Gasteiger partial charge in [-0.15, -0.1) is 0 Å². The molecule has 0 aliphatic carbocycles. The van der Waals surface area contributed by atoms with Gasteiger partial charge in [-0.3, -0.25) is 4.79 Å². The molecule has 1 amide bonds. The third-order valence-electron chi connectivity index (χ3n) is 3.01. The van der Waals surface area contributed by atoms with Crippen LogP contribution in [0.2, 0.25) is 5.02 Å². The molecule has 0 aromatic heterocycles. The molecule has 0 saturated carbocycles. The molecular weight excluding hydrogens is 320 g/mol. The molecule has 1 fully saturated rings. The molecular formula is C12H14BrClN2O2. The lowest BCUT2D eigenvalue weighted by molar-refractivity contribution is -0.124. The number of rotatable bonds is 2. The fraction of sp³-hybridized carbons (Fsp3) is 0.417. The van der Waals surface area contributed by atoms with Gasteiger partial charge < -0.3 is 15.8 Å². The van der Waals surface area contributed by atoms with E-state index in [9.17, 15) is 4.79 Å². The minimum atomic E-state index is -0.871. The molecule has 0 spiro atoms. The molecule has 0 bridgehead atoms. The molecule has 0 unspecified atom stereocenters. The highest BCUT2D eigenvalue weighted by molar-refractivity contribution is 9.10. The summed E-state index contributed by atoms with van der Waals surface area (Å²) < 4.78 is 6.06. The third kappa shape index (κ3) is 3.03. The summed E-state index contributed by atoms with van der Waals surface area (Å²) in [6.45, 7) is 1.02. The van der Waals surface area contributed by atoms with Crippen LogP contribution in [0.15, 0.2) is 22.7 Å². The second-order valence-electron chi connectivity index (χ2n) is 4.35. The van der Waals surface area contributed by atoms with Gasteiger partial charge in [0.25, 0.3) is 0 Å². The van der Waals surface area contributed by atoms with Gasteiger partial charge in [0.05, 0.1) is 10.7 Å². The van der Waals surface area contributed by atoms with Gasteiger partial charge in [0.2, 0.25) is 5.91 Å². The average molecular weight is 334 g/mol. The zero-order valence-electron chi connectivity index (χ0n) is 9.71. The summed E-state index contributed by atoms with van der Waals surface area (Å²) in [5.41, 5.74) is 5.78. The Morgan fingerprint density at radius 3 is 2.78 bits per heavy atom. The molecule has 0 atom stereocenters. The largest absolute Gasteiger partial charge is 0.381 e. The van der Waals surface area contributed by atoms with Gasteiger partial charge in [-0.25, -0.2) is 0 Å². The van der Waals surface area contributed by atoms with E-state index < -0.39 is 5.54 Å². The number of halogens is 2. The van der Waals surface area contributed by atoms with Crippen molar-refractivity contribution in [3.05, 3.63) is 27.7 Å². The molecule has 18 heavy (non-hydrogen) atoms. The summed E-state index contributed by atoms with van der Waals surface area (Å²) in [7, 11) is 0. The van der Waals surface area contributed by atoms with Crippen LogP contribution >= 0.6 is 27.5 Å². The van der Waals surface area contributed by atoms with Gasteiger partial charge in [-0.1, -0.05) is 27.5 Å². The number of benzene rings is 1. The lowest BCUT2D eigenvalue weighted by atomic mass is 9.90. The summed E-state index contributed by atoms with van der Waals surface area (Å²) in [5.74, 6) is -0.217. The lowest BCUT2D eigenvalue weighted by Crippen LogP contribution is -2.54. The number of nitrogens with two attached hydrogens (primary N) is 1. The SMILES string of the molecule is NC1(C(=O)Nc2cc(Br)ccc2Cl)CCOCC1. The first-order valence-corrected chi connectivity index (χ1v) is 6.81. The van der Waals surface area contributed by atoms with E-state index in [-0.39, 0.29) is 5.91 Å². The van der Waals surface area contributed by atoms with Crippen molar-refractivity contribution in [1.82, 2.24) is 0 Å². The number of ether oxygens (including phenoxy) is 1.